The molecule has 3 rings (SSSR count). The summed E-state index contributed by atoms with van der Waals surface area (Å²) in [6, 6.07) is 4.84. The van der Waals surface area contributed by atoms with E-state index in [9.17, 15) is 18.0 Å². The van der Waals surface area contributed by atoms with Crippen molar-refractivity contribution in [3.05, 3.63) is 24.4 Å². The van der Waals surface area contributed by atoms with Gasteiger partial charge in [0.25, 0.3) is 0 Å². The molecule has 2 heterocycles. The first-order valence-corrected chi connectivity index (χ1v) is 14.2. The van der Waals surface area contributed by atoms with Crippen molar-refractivity contribution < 1.29 is 22.7 Å². The molecule has 0 atom stereocenters. The van der Waals surface area contributed by atoms with Crippen molar-refractivity contribution in [2.45, 2.75) is 77.3 Å². The Bertz CT molecular complexity index is 1220. The van der Waals surface area contributed by atoms with Gasteiger partial charge < -0.3 is 15.0 Å². The Morgan fingerprint density at radius 1 is 1.11 bits per heavy atom. The Kier molecular flexibility index (Phi) is 8.17. The van der Waals surface area contributed by atoms with Crippen molar-refractivity contribution >= 4 is 44.1 Å². The van der Waals surface area contributed by atoms with Gasteiger partial charge in [0.2, 0.25) is 15.9 Å². The van der Waals surface area contributed by atoms with Gasteiger partial charge in [-0.05, 0) is 66.5 Å². The summed E-state index contributed by atoms with van der Waals surface area (Å²) in [5.74, 6) is -0.589. The van der Waals surface area contributed by atoms with Crippen LogP contribution in [0.1, 0.15) is 61.3 Å². The molecule has 198 valence electrons. The minimum atomic E-state index is -3.89. The van der Waals surface area contributed by atoms with E-state index in [0.29, 0.717) is 42.1 Å². The Balaban J connectivity index is 1.85. The second kappa shape index (κ2) is 10.5. The normalized spacial score (nSPS) is 15.6. The van der Waals surface area contributed by atoms with E-state index in [0.717, 1.165) is 5.13 Å². The molecule has 1 aromatic heterocycles. The molecule has 0 radical (unpaired) electrons. The lowest BCUT2D eigenvalue weighted by Gasteiger charge is -2.32. The molecular formula is C25H36N4O5S2. The summed E-state index contributed by atoms with van der Waals surface area (Å²) in [6.45, 7) is 13.6. The van der Waals surface area contributed by atoms with E-state index in [1.807, 2.05) is 20.8 Å². The average Bonchev–Trinajstić information content (AvgIpc) is 3.20. The number of sulfonamides is 1. The van der Waals surface area contributed by atoms with Crippen LogP contribution in [0.4, 0.5) is 10.8 Å². The van der Waals surface area contributed by atoms with E-state index in [2.05, 4.69) is 19.9 Å². The molecule has 1 amide bonds. The molecule has 0 unspecified atom stereocenters. The Morgan fingerprint density at radius 2 is 1.75 bits per heavy atom. The molecule has 1 aromatic carbocycles. The van der Waals surface area contributed by atoms with E-state index in [1.165, 1.54) is 24.3 Å². The maximum atomic E-state index is 13.3. The number of nitrogens with one attached hydrogen (secondary N) is 2. The van der Waals surface area contributed by atoms with Crippen molar-refractivity contribution in [1.29, 1.82) is 0 Å². The molecule has 0 saturated carbocycles. The van der Waals surface area contributed by atoms with Gasteiger partial charge in [-0.1, -0.05) is 17.4 Å². The zero-order chi connectivity index (χ0) is 26.9. The van der Waals surface area contributed by atoms with Crippen LogP contribution in [0.15, 0.2) is 29.3 Å². The van der Waals surface area contributed by atoms with Gasteiger partial charge in [0.15, 0.2) is 5.13 Å². The lowest BCUT2D eigenvalue weighted by Crippen LogP contribution is -2.40. The van der Waals surface area contributed by atoms with Gasteiger partial charge in [-0.2, -0.15) is 0 Å². The lowest BCUT2D eigenvalue weighted by atomic mass is 9.97. The van der Waals surface area contributed by atoms with Crippen molar-refractivity contribution in [3.8, 4) is 10.4 Å². The van der Waals surface area contributed by atoms with Gasteiger partial charge in [-0.3, -0.25) is 9.59 Å². The predicted octanol–water partition coefficient (Wildman–Crippen LogP) is 4.40. The van der Waals surface area contributed by atoms with Crippen LogP contribution in [0.2, 0.25) is 0 Å². The number of anilines is 2. The van der Waals surface area contributed by atoms with Crippen LogP contribution >= 0.6 is 11.3 Å². The fraction of sp³-hybridized carbons (Fsp3) is 0.560. The quantitative estimate of drug-likeness (QED) is 0.525. The molecule has 2 N–H and O–H groups in total. The number of ether oxygens (including phenoxy) is 1. The van der Waals surface area contributed by atoms with Crippen LogP contribution in [0.25, 0.3) is 10.4 Å². The fourth-order valence-corrected chi connectivity index (χ4v) is 6.65. The van der Waals surface area contributed by atoms with E-state index in [4.69, 9.17) is 4.74 Å². The van der Waals surface area contributed by atoms with Crippen LogP contribution in [0.3, 0.4) is 0 Å². The first-order valence-electron chi connectivity index (χ1n) is 11.9. The van der Waals surface area contributed by atoms with Crippen molar-refractivity contribution in [1.82, 2.24) is 9.71 Å². The molecule has 9 nitrogen and oxygen atoms in total. The number of aromatic nitrogens is 1. The molecule has 0 aliphatic carbocycles. The molecular weight excluding hydrogens is 500 g/mol. The van der Waals surface area contributed by atoms with Crippen LogP contribution in [0, 0.1) is 5.92 Å². The highest BCUT2D eigenvalue weighted by molar-refractivity contribution is 7.89. The maximum absolute atomic E-state index is 13.3. The predicted molar refractivity (Wildman–Crippen MR) is 143 cm³/mol. The topological polar surface area (TPSA) is 118 Å². The van der Waals surface area contributed by atoms with Crippen molar-refractivity contribution in [2.24, 2.45) is 5.92 Å². The minimum absolute atomic E-state index is 0.0718. The summed E-state index contributed by atoms with van der Waals surface area (Å²) in [4.78, 5) is 31.4. The molecule has 0 spiro atoms. The number of hydrogen-bond donors (Lipinski definition) is 2. The number of carbonyl (C=O) groups excluding carboxylic acids is 2. The lowest BCUT2D eigenvalue weighted by molar-refractivity contribution is -0.160. The van der Waals surface area contributed by atoms with E-state index in [1.54, 1.807) is 39.1 Å². The smallest absolute Gasteiger partial charge is 0.309 e. The van der Waals surface area contributed by atoms with Gasteiger partial charge in [0.1, 0.15) is 5.60 Å². The largest absolute Gasteiger partial charge is 0.460 e. The van der Waals surface area contributed by atoms with Gasteiger partial charge in [-0.25, -0.2) is 18.1 Å². The number of esters is 1. The molecule has 0 bridgehead atoms. The van der Waals surface area contributed by atoms with Gasteiger partial charge in [-0.15, -0.1) is 0 Å². The fourth-order valence-electron chi connectivity index (χ4n) is 3.91. The standard InChI is InChI=1S/C25H36N4O5S2/c1-16(30)27-18-8-9-19(21(14-18)36(32,33)28-24(2,3)4)20-15-26-23(35-20)29-12-10-17(11-13-29)22(31)34-25(5,6)7/h8-9,14-15,17,28H,10-13H2,1-7H3,(H,27,30). The minimum Gasteiger partial charge on any atom is -0.460 e. The molecule has 1 aliphatic rings. The third-order valence-electron chi connectivity index (χ3n) is 5.30. The first kappa shape index (κ1) is 28.1. The van der Waals surface area contributed by atoms with Crippen LogP contribution in [-0.4, -0.2) is 49.5 Å². The van der Waals surface area contributed by atoms with Gasteiger partial charge in [0, 0.05) is 43.0 Å². The SMILES string of the molecule is CC(=O)Nc1ccc(-c2cnc(N3CCC(C(=O)OC(C)(C)C)CC3)s2)c(S(=O)(=O)NC(C)(C)C)c1. The number of hydrogen-bond acceptors (Lipinski definition) is 8. The Labute approximate surface area is 217 Å². The number of carbonyl (C=O) groups is 2. The molecule has 1 fully saturated rings. The van der Waals surface area contributed by atoms with Crippen molar-refractivity contribution in [3.63, 3.8) is 0 Å². The maximum Gasteiger partial charge on any atom is 0.309 e. The first-order chi connectivity index (χ1) is 16.5. The number of nitrogens with zero attached hydrogens (tertiary/aromatic N) is 2. The second-order valence-corrected chi connectivity index (χ2v) is 13.7. The molecule has 11 heteroatoms. The molecule has 1 aliphatic heterocycles. The van der Waals surface area contributed by atoms with E-state index >= 15 is 0 Å². The van der Waals surface area contributed by atoms with Crippen LogP contribution in [-0.2, 0) is 24.3 Å². The number of piperidine rings is 1. The summed E-state index contributed by atoms with van der Waals surface area (Å²) in [5.41, 5.74) is -0.284. The summed E-state index contributed by atoms with van der Waals surface area (Å²) < 4.78 is 34.8. The van der Waals surface area contributed by atoms with Crippen LogP contribution in [0.5, 0.6) is 0 Å². The van der Waals surface area contributed by atoms with Crippen molar-refractivity contribution in [2.75, 3.05) is 23.3 Å². The molecule has 36 heavy (non-hydrogen) atoms. The number of benzene rings is 1. The monoisotopic (exact) mass is 536 g/mol. The Morgan fingerprint density at radius 3 is 2.31 bits per heavy atom. The highest BCUT2D eigenvalue weighted by Crippen LogP contribution is 2.38. The summed E-state index contributed by atoms with van der Waals surface area (Å²) >= 11 is 1.40. The van der Waals surface area contributed by atoms with E-state index < -0.39 is 21.2 Å². The van der Waals surface area contributed by atoms with Gasteiger partial charge in [0.05, 0.1) is 15.7 Å². The zero-order valence-electron chi connectivity index (χ0n) is 22.0. The Hall–Kier alpha value is -2.50. The van der Waals surface area contributed by atoms with Gasteiger partial charge >= 0.3 is 5.97 Å². The zero-order valence-corrected chi connectivity index (χ0v) is 23.6. The summed E-state index contributed by atoms with van der Waals surface area (Å²) in [7, 11) is -3.89. The second-order valence-electron chi connectivity index (χ2n) is 11.0. The third kappa shape index (κ3) is 7.50. The number of thiazole rings is 1. The molecule has 2 aromatic rings. The average molecular weight is 537 g/mol. The van der Waals surface area contributed by atoms with E-state index in [-0.39, 0.29) is 22.7 Å². The third-order valence-corrected chi connectivity index (χ3v) is 8.19. The highest BCUT2D eigenvalue weighted by atomic mass is 32.2. The van der Waals surface area contributed by atoms with Crippen LogP contribution < -0.4 is 14.9 Å². The summed E-state index contributed by atoms with van der Waals surface area (Å²) in [5, 5.41) is 3.42. The number of amides is 1. The summed E-state index contributed by atoms with van der Waals surface area (Å²) in [6.07, 6.45) is 3.01. The highest BCUT2D eigenvalue weighted by Gasteiger charge is 2.31. The molecule has 1 saturated heterocycles. The number of rotatable bonds is 6.